The van der Waals surface area contributed by atoms with E-state index in [4.69, 9.17) is 0 Å². The molecular formula is C16H16FN3O5S. The van der Waals surface area contributed by atoms with Gasteiger partial charge in [-0.3, -0.25) is 14.9 Å². The molecule has 0 aliphatic heterocycles. The van der Waals surface area contributed by atoms with Gasteiger partial charge in [0.15, 0.2) is 0 Å². The summed E-state index contributed by atoms with van der Waals surface area (Å²) in [5, 5.41) is 13.0. The number of nitro benzene ring substituents is 1. The van der Waals surface area contributed by atoms with Crippen LogP contribution in [0.25, 0.3) is 0 Å². The molecule has 0 radical (unpaired) electrons. The van der Waals surface area contributed by atoms with Crippen LogP contribution in [0.2, 0.25) is 0 Å². The van der Waals surface area contributed by atoms with E-state index in [1.54, 1.807) is 12.1 Å². The number of rotatable bonds is 7. The highest BCUT2D eigenvalue weighted by Crippen LogP contribution is 2.21. The first-order valence-electron chi connectivity index (χ1n) is 7.49. The molecular weight excluding hydrogens is 365 g/mol. The molecule has 0 unspecified atom stereocenters. The van der Waals surface area contributed by atoms with Crippen LogP contribution in [0.4, 0.5) is 15.8 Å². The lowest BCUT2D eigenvalue weighted by Gasteiger charge is -2.08. The maximum atomic E-state index is 13.2. The third-order valence-corrected chi connectivity index (χ3v) is 4.88. The first kappa shape index (κ1) is 19.5. The van der Waals surface area contributed by atoms with Crippen LogP contribution < -0.4 is 10.0 Å². The van der Waals surface area contributed by atoms with Gasteiger partial charge in [-0.1, -0.05) is 17.7 Å². The van der Waals surface area contributed by atoms with Crippen molar-refractivity contribution >= 4 is 27.3 Å². The Hall–Kier alpha value is -2.85. The van der Waals surface area contributed by atoms with Crippen molar-refractivity contribution in [2.75, 3.05) is 11.9 Å². The van der Waals surface area contributed by atoms with Crippen LogP contribution in [0.15, 0.2) is 47.4 Å². The molecule has 138 valence electrons. The molecule has 2 aromatic carbocycles. The van der Waals surface area contributed by atoms with Gasteiger partial charge in [-0.15, -0.1) is 0 Å². The van der Waals surface area contributed by atoms with Crippen LogP contribution in [0.3, 0.4) is 0 Å². The minimum absolute atomic E-state index is 0.0458. The van der Waals surface area contributed by atoms with Crippen LogP contribution in [0.5, 0.6) is 0 Å². The monoisotopic (exact) mass is 381 g/mol. The zero-order valence-electron chi connectivity index (χ0n) is 13.7. The minimum atomic E-state index is -3.74. The van der Waals surface area contributed by atoms with E-state index in [2.05, 4.69) is 10.0 Å². The van der Waals surface area contributed by atoms with Crippen LogP contribution in [0.1, 0.15) is 12.0 Å². The predicted molar refractivity (Wildman–Crippen MR) is 92.7 cm³/mol. The van der Waals surface area contributed by atoms with Crippen molar-refractivity contribution in [1.29, 1.82) is 0 Å². The van der Waals surface area contributed by atoms with E-state index in [0.29, 0.717) is 0 Å². The Balaban J connectivity index is 1.92. The minimum Gasteiger partial charge on any atom is -0.326 e. The predicted octanol–water partition coefficient (Wildman–Crippen LogP) is 2.35. The van der Waals surface area contributed by atoms with E-state index in [1.165, 1.54) is 18.2 Å². The number of halogens is 1. The van der Waals surface area contributed by atoms with Crippen molar-refractivity contribution in [1.82, 2.24) is 4.72 Å². The largest absolute Gasteiger partial charge is 0.326 e. The third-order valence-electron chi connectivity index (χ3n) is 3.40. The molecule has 0 aliphatic rings. The zero-order chi connectivity index (χ0) is 19.3. The summed E-state index contributed by atoms with van der Waals surface area (Å²) in [4.78, 5) is 21.7. The smallest absolute Gasteiger partial charge is 0.306 e. The summed E-state index contributed by atoms with van der Waals surface area (Å²) in [6.45, 7) is 1.67. The highest BCUT2D eigenvalue weighted by molar-refractivity contribution is 7.89. The summed E-state index contributed by atoms with van der Waals surface area (Å²) < 4.78 is 39.7. The van der Waals surface area contributed by atoms with Crippen LogP contribution in [0, 0.1) is 22.9 Å². The lowest BCUT2D eigenvalue weighted by atomic mass is 10.2. The molecule has 0 fully saturated rings. The molecule has 0 heterocycles. The molecule has 10 heteroatoms. The molecule has 0 aromatic heterocycles. The van der Waals surface area contributed by atoms with Gasteiger partial charge in [0, 0.05) is 24.7 Å². The maximum absolute atomic E-state index is 13.2. The van der Waals surface area contributed by atoms with Gasteiger partial charge in [0.2, 0.25) is 21.7 Å². The Kier molecular flexibility index (Phi) is 6.01. The summed E-state index contributed by atoms with van der Waals surface area (Å²) in [7, 11) is -3.74. The van der Waals surface area contributed by atoms with Crippen molar-refractivity contribution in [2.24, 2.45) is 0 Å². The van der Waals surface area contributed by atoms with E-state index < -0.39 is 32.4 Å². The molecule has 0 bridgehead atoms. The molecule has 0 aliphatic carbocycles. The normalized spacial score (nSPS) is 11.2. The zero-order valence-corrected chi connectivity index (χ0v) is 14.5. The summed E-state index contributed by atoms with van der Waals surface area (Å²) in [5.74, 6) is -1.59. The molecule has 2 aromatic rings. The SMILES string of the molecule is Cc1ccc(S(=O)(=O)NCCC(=O)Nc2ccc(F)c([N+](=O)[O-])c2)cc1. The van der Waals surface area contributed by atoms with Crippen molar-refractivity contribution in [3.05, 3.63) is 64.0 Å². The number of carbonyl (C=O) groups is 1. The number of hydrogen-bond donors (Lipinski definition) is 2. The third kappa shape index (κ3) is 5.07. The first-order chi connectivity index (χ1) is 12.2. The van der Waals surface area contributed by atoms with E-state index >= 15 is 0 Å². The number of nitrogens with one attached hydrogen (secondary N) is 2. The fourth-order valence-electron chi connectivity index (χ4n) is 2.05. The van der Waals surface area contributed by atoms with E-state index in [1.807, 2.05) is 6.92 Å². The Morgan fingerprint density at radius 3 is 2.46 bits per heavy atom. The Bertz CT molecular complexity index is 929. The number of nitrogens with zero attached hydrogens (tertiary/aromatic N) is 1. The van der Waals surface area contributed by atoms with Gasteiger partial charge < -0.3 is 5.32 Å². The molecule has 2 N–H and O–H groups in total. The van der Waals surface area contributed by atoms with E-state index in [0.717, 1.165) is 17.7 Å². The average Bonchev–Trinajstić information content (AvgIpc) is 2.56. The van der Waals surface area contributed by atoms with Crippen molar-refractivity contribution in [3.8, 4) is 0 Å². The van der Waals surface area contributed by atoms with Gasteiger partial charge in [-0.05, 0) is 31.2 Å². The molecule has 2 rings (SSSR count). The number of nitro groups is 1. The van der Waals surface area contributed by atoms with E-state index in [9.17, 15) is 27.7 Å². The summed E-state index contributed by atoms with van der Waals surface area (Å²) >= 11 is 0. The van der Waals surface area contributed by atoms with Crippen molar-refractivity contribution in [3.63, 3.8) is 0 Å². The molecule has 1 amide bonds. The molecule has 0 saturated carbocycles. The van der Waals surface area contributed by atoms with Crippen molar-refractivity contribution in [2.45, 2.75) is 18.2 Å². The number of carbonyl (C=O) groups excluding carboxylic acids is 1. The standard InChI is InChI=1S/C16H16FN3O5S/c1-11-2-5-13(6-3-11)26(24,25)18-9-8-16(21)19-12-4-7-14(17)15(10-12)20(22)23/h2-7,10,18H,8-9H2,1H3,(H,19,21). The quantitative estimate of drug-likeness (QED) is 0.564. The number of aryl methyl sites for hydroxylation is 1. The Labute approximate surface area is 149 Å². The maximum Gasteiger partial charge on any atom is 0.306 e. The summed E-state index contributed by atoms with van der Waals surface area (Å²) in [6.07, 6.45) is -0.198. The van der Waals surface area contributed by atoms with Gasteiger partial charge in [-0.25, -0.2) is 13.1 Å². The lowest BCUT2D eigenvalue weighted by molar-refractivity contribution is -0.387. The fraction of sp³-hybridized carbons (Fsp3) is 0.188. The van der Waals surface area contributed by atoms with Crippen LogP contribution in [-0.4, -0.2) is 25.8 Å². The Morgan fingerprint density at radius 1 is 1.19 bits per heavy atom. The molecule has 0 saturated heterocycles. The molecule has 0 spiro atoms. The van der Waals surface area contributed by atoms with Gasteiger partial charge in [0.25, 0.3) is 0 Å². The first-order valence-corrected chi connectivity index (χ1v) is 8.97. The van der Waals surface area contributed by atoms with Crippen molar-refractivity contribution < 1.29 is 22.5 Å². The number of benzene rings is 2. The van der Waals surface area contributed by atoms with Crippen LogP contribution in [-0.2, 0) is 14.8 Å². The van der Waals surface area contributed by atoms with Crippen LogP contribution >= 0.6 is 0 Å². The second kappa shape index (κ2) is 8.02. The second-order valence-electron chi connectivity index (χ2n) is 5.43. The van der Waals surface area contributed by atoms with Gasteiger partial charge in [0.05, 0.1) is 9.82 Å². The lowest BCUT2D eigenvalue weighted by Crippen LogP contribution is -2.27. The molecule has 8 nitrogen and oxygen atoms in total. The fourth-order valence-corrected chi connectivity index (χ4v) is 3.09. The number of anilines is 1. The molecule has 26 heavy (non-hydrogen) atoms. The highest BCUT2D eigenvalue weighted by atomic mass is 32.2. The number of hydrogen-bond acceptors (Lipinski definition) is 5. The topological polar surface area (TPSA) is 118 Å². The second-order valence-corrected chi connectivity index (χ2v) is 7.20. The summed E-state index contributed by atoms with van der Waals surface area (Å²) in [6, 6.07) is 9.16. The highest BCUT2D eigenvalue weighted by Gasteiger charge is 2.16. The molecule has 0 atom stereocenters. The number of sulfonamides is 1. The summed E-state index contributed by atoms with van der Waals surface area (Å²) in [5.41, 5.74) is 0.198. The number of amides is 1. The van der Waals surface area contributed by atoms with E-state index in [-0.39, 0.29) is 23.5 Å². The van der Waals surface area contributed by atoms with Gasteiger partial charge in [0.1, 0.15) is 0 Å². The Morgan fingerprint density at radius 2 is 1.85 bits per heavy atom. The van der Waals surface area contributed by atoms with Gasteiger partial charge >= 0.3 is 5.69 Å². The average molecular weight is 381 g/mol. The van der Waals surface area contributed by atoms with Gasteiger partial charge in [-0.2, -0.15) is 4.39 Å².